The Morgan fingerprint density at radius 2 is 1.70 bits per heavy atom. The molecule has 0 N–H and O–H groups in total. The molecule has 1 aliphatic heterocycles. The number of alkyl halides is 1. The lowest BCUT2D eigenvalue weighted by atomic mass is 9.79. The minimum absolute atomic E-state index is 0.320. The molecule has 0 aromatic rings. The first-order valence-electron chi connectivity index (χ1n) is 8.59. The summed E-state index contributed by atoms with van der Waals surface area (Å²) in [6, 6.07) is 0. The van der Waals surface area contributed by atoms with Crippen molar-refractivity contribution in [1.29, 1.82) is 0 Å². The molecule has 1 heterocycles. The second-order valence-corrected chi connectivity index (χ2v) is 7.09. The SMILES string of the molecule is CCCCC1CCC(C(=O)N2CCC(CCl)CC2)CC1. The van der Waals surface area contributed by atoms with Crippen molar-refractivity contribution >= 4 is 17.5 Å². The quantitative estimate of drug-likeness (QED) is 0.686. The van der Waals surface area contributed by atoms with Gasteiger partial charge in [-0.1, -0.05) is 26.2 Å². The van der Waals surface area contributed by atoms with Gasteiger partial charge in [-0.3, -0.25) is 4.79 Å². The van der Waals surface area contributed by atoms with Gasteiger partial charge in [-0.05, 0) is 50.4 Å². The summed E-state index contributed by atoms with van der Waals surface area (Å²) in [5.41, 5.74) is 0. The van der Waals surface area contributed by atoms with Crippen LogP contribution >= 0.6 is 11.6 Å². The Hall–Kier alpha value is -0.240. The van der Waals surface area contributed by atoms with Crippen molar-refractivity contribution in [3.63, 3.8) is 0 Å². The summed E-state index contributed by atoms with van der Waals surface area (Å²) in [6.45, 7) is 4.14. The number of carbonyl (C=O) groups excluding carboxylic acids is 1. The molecule has 20 heavy (non-hydrogen) atoms. The van der Waals surface area contributed by atoms with Crippen LogP contribution in [-0.2, 0) is 4.79 Å². The molecule has 3 heteroatoms. The molecule has 1 aliphatic carbocycles. The Labute approximate surface area is 129 Å². The maximum Gasteiger partial charge on any atom is 0.225 e. The van der Waals surface area contributed by atoms with Crippen molar-refractivity contribution in [1.82, 2.24) is 4.90 Å². The summed E-state index contributed by atoms with van der Waals surface area (Å²) < 4.78 is 0. The summed E-state index contributed by atoms with van der Waals surface area (Å²) in [5, 5.41) is 0. The van der Waals surface area contributed by atoms with E-state index in [1.54, 1.807) is 0 Å². The number of amides is 1. The zero-order valence-corrected chi connectivity index (χ0v) is 13.7. The number of hydrogen-bond donors (Lipinski definition) is 0. The molecule has 1 amide bonds. The molecule has 116 valence electrons. The van der Waals surface area contributed by atoms with E-state index in [0.29, 0.717) is 17.7 Å². The lowest BCUT2D eigenvalue weighted by Gasteiger charge is -2.36. The van der Waals surface area contributed by atoms with E-state index in [0.717, 1.165) is 50.6 Å². The summed E-state index contributed by atoms with van der Waals surface area (Å²) in [6.07, 6.45) is 11.0. The Morgan fingerprint density at radius 3 is 2.25 bits per heavy atom. The number of carbonyl (C=O) groups is 1. The number of rotatable bonds is 5. The molecule has 0 aromatic carbocycles. The van der Waals surface area contributed by atoms with Gasteiger partial charge in [0.15, 0.2) is 0 Å². The van der Waals surface area contributed by atoms with Crippen molar-refractivity contribution in [3.05, 3.63) is 0 Å². The predicted octanol–water partition coefficient (Wildman–Crippen LogP) is 4.46. The monoisotopic (exact) mass is 299 g/mol. The standard InChI is InChI=1S/C17H30ClNO/c1-2-3-4-14-5-7-16(8-6-14)17(20)19-11-9-15(13-18)10-12-19/h14-16H,2-13H2,1H3. The van der Waals surface area contributed by atoms with E-state index in [4.69, 9.17) is 11.6 Å². The molecule has 0 spiro atoms. The van der Waals surface area contributed by atoms with Gasteiger partial charge in [0.25, 0.3) is 0 Å². The van der Waals surface area contributed by atoms with Crippen LogP contribution in [0.25, 0.3) is 0 Å². The second-order valence-electron chi connectivity index (χ2n) is 6.78. The van der Waals surface area contributed by atoms with E-state index < -0.39 is 0 Å². The molecule has 1 saturated heterocycles. The molecule has 0 bridgehead atoms. The van der Waals surface area contributed by atoms with Gasteiger partial charge >= 0.3 is 0 Å². The molecule has 0 aromatic heterocycles. The topological polar surface area (TPSA) is 20.3 Å². The molecule has 2 rings (SSSR count). The molecule has 0 radical (unpaired) electrons. The van der Waals surface area contributed by atoms with Crippen LogP contribution in [0.4, 0.5) is 0 Å². The molecule has 2 nitrogen and oxygen atoms in total. The van der Waals surface area contributed by atoms with E-state index in [2.05, 4.69) is 11.8 Å². The number of hydrogen-bond acceptors (Lipinski definition) is 1. The third kappa shape index (κ3) is 4.38. The van der Waals surface area contributed by atoms with Gasteiger partial charge in [0, 0.05) is 24.9 Å². The zero-order chi connectivity index (χ0) is 14.4. The van der Waals surface area contributed by atoms with E-state index >= 15 is 0 Å². The van der Waals surface area contributed by atoms with Crippen molar-refractivity contribution in [2.75, 3.05) is 19.0 Å². The van der Waals surface area contributed by atoms with Crippen molar-refractivity contribution in [2.24, 2.45) is 17.8 Å². The number of nitrogens with zero attached hydrogens (tertiary/aromatic N) is 1. The molecule has 0 atom stereocenters. The summed E-state index contributed by atoms with van der Waals surface area (Å²) >= 11 is 5.91. The van der Waals surface area contributed by atoms with Crippen LogP contribution in [0.15, 0.2) is 0 Å². The lowest BCUT2D eigenvalue weighted by molar-refractivity contribution is -0.138. The second kappa shape index (κ2) is 8.26. The zero-order valence-electron chi connectivity index (χ0n) is 13.0. The number of unbranched alkanes of at least 4 members (excludes halogenated alkanes) is 1. The van der Waals surface area contributed by atoms with Gasteiger partial charge in [-0.25, -0.2) is 0 Å². The Balaban J connectivity index is 1.72. The summed E-state index contributed by atoms with van der Waals surface area (Å²) in [4.78, 5) is 14.7. The fourth-order valence-corrected chi connectivity index (χ4v) is 4.07. The van der Waals surface area contributed by atoms with Gasteiger partial charge in [0.1, 0.15) is 0 Å². The van der Waals surface area contributed by atoms with E-state index in [1.807, 2.05) is 0 Å². The normalized spacial score (nSPS) is 28.6. The van der Waals surface area contributed by atoms with Crippen LogP contribution in [0.1, 0.15) is 64.7 Å². The van der Waals surface area contributed by atoms with Crippen LogP contribution in [0.3, 0.4) is 0 Å². The smallest absolute Gasteiger partial charge is 0.225 e. The molecule has 2 fully saturated rings. The van der Waals surface area contributed by atoms with Crippen LogP contribution in [0.2, 0.25) is 0 Å². The highest BCUT2D eigenvalue weighted by Gasteiger charge is 2.31. The first-order valence-corrected chi connectivity index (χ1v) is 9.12. The van der Waals surface area contributed by atoms with Crippen molar-refractivity contribution < 1.29 is 4.79 Å². The highest BCUT2D eigenvalue weighted by atomic mass is 35.5. The number of halogens is 1. The van der Waals surface area contributed by atoms with Crippen molar-refractivity contribution in [3.8, 4) is 0 Å². The first kappa shape index (κ1) is 16.1. The molecular formula is C17H30ClNO. The largest absolute Gasteiger partial charge is 0.342 e. The Kier molecular flexibility index (Phi) is 6.67. The number of piperidine rings is 1. The van der Waals surface area contributed by atoms with Gasteiger partial charge in [0.2, 0.25) is 5.91 Å². The van der Waals surface area contributed by atoms with Gasteiger partial charge in [-0.2, -0.15) is 0 Å². The third-order valence-corrected chi connectivity index (χ3v) is 5.74. The minimum atomic E-state index is 0.320. The third-order valence-electron chi connectivity index (χ3n) is 5.31. The maximum absolute atomic E-state index is 12.6. The Morgan fingerprint density at radius 1 is 1.05 bits per heavy atom. The fourth-order valence-electron chi connectivity index (χ4n) is 3.76. The van der Waals surface area contributed by atoms with Crippen LogP contribution in [0.5, 0.6) is 0 Å². The first-order chi connectivity index (χ1) is 9.74. The van der Waals surface area contributed by atoms with Crippen LogP contribution < -0.4 is 0 Å². The van der Waals surface area contributed by atoms with Gasteiger partial charge < -0.3 is 4.90 Å². The van der Waals surface area contributed by atoms with E-state index in [1.165, 1.54) is 32.1 Å². The van der Waals surface area contributed by atoms with E-state index in [9.17, 15) is 4.79 Å². The molecule has 2 aliphatic rings. The minimum Gasteiger partial charge on any atom is -0.342 e. The van der Waals surface area contributed by atoms with Crippen molar-refractivity contribution in [2.45, 2.75) is 64.7 Å². The van der Waals surface area contributed by atoms with Gasteiger partial charge in [-0.15, -0.1) is 11.6 Å². The Bertz CT molecular complexity index is 291. The average molecular weight is 300 g/mol. The fraction of sp³-hybridized carbons (Fsp3) is 0.941. The van der Waals surface area contributed by atoms with Crippen LogP contribution in [-0.4, -0.2) is 29.8 Å². The average Bonchev–Trinajstić information content (AvgIpc) is 2.53. The number of likely N-dealkylation sites (tertiary alicyclic amines) is 1. The van der Waals surface area contributed by atoms with Gasteiger partial charge in [0.05, 0.1) is 0 Å². The molecule has 1 saturated carbocycles. The predicted molar refractivity (Wildman–Crippen MR) is 85.0 cm³/mol. The van der Waals surface area contributed by atoms with Crippen LogP contribution in [0, 0.1) is 17.8 Å². The maximum atomic E-state index is 12.6. The molecular weight excluding hydrogens is 270 g/mol. The highest BCUT2D eigenvalue weighted by Crippen LogP contribution is 2.33. The molecule has 0 unspecified atom stereocenters. The highest BCUT2D eigenvalue weighted by molar-refractivity contribution is 6.18. The van der Waals surface area contributed by atoms with E-state index in [-0.39, 0.29) is 0 Å². The lowest BCUT2D eigenvalue weighted by Crippen LogP contribution is -2.42. The summed E-state index contributed by atoms with van der Waals surface area (Å²) in [7, 11) is 0. The summed E-state index contributed by atoms with van der Waals surface area (Å²) in [5.74, 6) is 3.03.